The lowest BCUT2D eigenvalue weighted by molar-refractivity contribution is -0.114. The molecule has 0 spiro atoms. The molecule has 0 saturated carbocycles. The maximum atomic E-state index is 12.6. The number of anilines is 2. The average Bonchev–Trinajstić information content (AvgIpc) is 3.15. The van der Waals surface area contributed by atoms with Crippen LogP contribution < -0.4 is 10.0 Å². The Hall–Kier alpha value is -1.39. The van der Waals surface area contributed by atoms with Crippen molar-refractivity contribution >= 4 is 77.5 Å². The smallest absolute Gasteiger partial charge is 0.271 e. The van der Waals surface area contributed by atoms with E-state index in [0.29, 0.717) is 20.2 Å². The van der Waals surface area contributed by atoms with Gasteiger partial charge in [-0.1, -0.05) is 23.7 Å². The van der Waals surface area contributed by atoms with Gasteiger partial charge in [0.1, 0.15) is 8.55 Å². The normalized spacial score (nSPS) is 11.3. The number of amides is 1. The van der Waals surface area contributed by atoms with E-state index in [2.05, 4.69) is 26.0 Å². The van der Waals surface area contributed by atoms with Crippen LogP contribution in [0, 0.1) is 0 Å². The van der Waals surface area contributed by atoms with Gasteiger partial charge in [0.05, 0.1) is 10.6 Å². The summed E-state index contributed by atoms with van der Waals surface area (Å²) in [6.07, 6.45) is 0. The van der Waals surface area contributed by atoms with E-state index in [1.54, 1.807) is 18.2 Å². The van der Waals surface area contributed by atoms with Crippen LogP contribution in [0.1, 0.15) is 6.92 Å². The second-order valence-corrected chi connectivity index (χ2v) is 10.5. The summed E-state index contributed by atoms with van der Waals surface area (Å²) in [4.78, 5) is 11.9. The fourth-order valence-electron chi connectivity index (χ4n) is 2.18. The summed E-state index contributed by atoms with van der Waals surface area (Å²) in [7, 11) is -3.74. The quantitative estimate of drug-likeness (QED) is 0.484. The Balaban J connectivity index is 1.88. The monoisotopic (exact) mass is 490 g/mol. The van der Waals surface area contributed by atoms with Crippen LogP contribution in [0.15, 0.2) is 50.5 Å². The second-order valence-electron chi connectivity index (χ2n) is 5.21. The Morgan fingerprint density at radius 3 is 2.46 bits per heavy atom. The third-order valence-electron chi connectivity index (χ3n) is 3.26. The number of nitrogens with one attached hydrogen (secondary N) is 2. The lowest BCUT2D eigenvalue weighted by Crippen LogP contribution is -2.11. The van der Waals surface area contributed by atoms with E-state index in [0.717, 1.165) is 21.8 Å². The molecule has 26 heavy (non-hydrogen) atoms. The van der Waals surface area contributed by atoms with Gasteiger partial charge in [-0.15, -0.1) is 22.7 Å². The summed E-state index contributed by atoms with van der Waals surface area (Å²) >= 11 is 11.6. The largest absolute Gasteiger partial charge is 0.326 e. The van der Waals surface area contributed by atoms with Gasteiger partial charge in [0.2, 0.25) is 5.91 Å². The summed E-state index contributed by atoms with van der Waals surface area (Å²) < 4.78 is 28.9. The number of carbonyl (C=O) groups excluding carboxylic acids is 1. The molecule has 1 aromatic carbocycles. The molecular weight excluding hydrogens is 480 g/mol. The summed E-state index contributed by atoms with van der Waals surface area (Å²) in [5.74, 6) is -0.150. The van der Waals surface area contributed by atoms with Crippen LogP contribution >= 0.6 is 50.2 Å². The van der Waals surface area contributed by atoms with Crippen molar-refractivity contribution in [2.24, 2.45) is 0 Å². The molecule has 0 aliphatic carbocycles. The van der Waals surface area contributed by atoms with Crippen LogP contribution in [0.3, 0.4) is 0 Å². The highest BCUT2D eigenvalue weighted by Gasteiger charge is 2.21. The number of thiophene rings is 2. The molecule has 3 rings (SSSR count). The van der Waals surface area contributed by atoms with Crippen LogP contribution in [-0.2, 0) is 14.8 Å². The Bertz CT molecular complexity index is 1040. The topological polar surface area (TPSA) is 75.3 Å². The van der Waals surface area contributed by atoms with Gasteiger partial charge in [-0.25, -0.2) is 8.42 Å². The van der Waals surface area contributed by atoms with Crippen LogP contribution in [0.25, 0.3) is 10.4 Å². The van der Waals surface area contributed by atoms with Crippen LogP contribution in [-0.4, -0.2) is 14.3 Å². The Labute approximate surface area is 172 Å². The third-order valence-corrected chi connectivity index (χ3v) is 8.54. The minimum Gasteiger partial charge on any atom is -0.326 e. The lowest BCUT2D eigenvalue weighted by Gasteiger charge is -2.08. The van der Waals surface area contributed by atoms with Crippen LogP contribution in [0.4, 0.5) is 11.4 Å². The van der Waals surface area contributed by atoms with Gasteiger partial charge < -0.3 is 5.32 Å². The number of hydrogen-bond acceptors (Lipinski definition) is 5. The molecular formula is C16H12BrClN2O3S3. The molecule has 1 amide bonds. The van der Waals surface area contributed by atoms with E-state index in [4.69, 9.17) is 11.6 Å². The van der Waals surface area contributed by atoms with Crippen LogP contribution in [0.2, 0.25) is 4.34 Å². The molecule has 2 aromatic heterocycles. The maximum absolute atomic E-state index is 12.6. The molecule has 0 bridgehead atoms. The Morgan fingerprint density at radius 2 is 1.88 bits per heavy atom. The molecule has 0 aliphatic rings. The first kappa shape index (κ1) is 19.4. The van der Waals surface area contributed by atoms with E-state index < -0.39 is 10.0 Å². The summed E-state index contributed by atoms with van der Waals surface area (Å²) in [6.45, 7) is 1.44. The number of sulfonamides is 1. The maximum Gasteiger partial charge on any atom is 0.271 e. The summed E-state index contributed by atoms with van der Waals surface area (Å²) in [5.41, 5.74) is 2.01. The first-order valence-corrected chi connectivity index (χ1v) is 11.5. The van der Waals surface area contributed by atoms with E-state index in [1.165, 1.54) is 24.3 Å². The molecule has 0 radical (unpaired) electrons. The minimum atomic E-state index is -3.74. The number of benzene rings is 1. The fraction of sp³-hybridized carbons (Fsp3) is 0.0625. The van der Waals surface area contributed by atoms with Gasteiger partial charge in [0.15, 0.2) is 0 Å². The molecule has 0 atom stereocenters. The molecule has 0 saturated heterocycles. The van der Waals surface area contributed by atoms with E-state index in [9.17, 15) is 13.2 Å². The molecule has 136 valence electrons. The molecule has 2 heterocycles. The SMILES string of the molecule is CC(=O)Nc1ccc(-c2sccc2NS(=O)(=O)c2cc(Br)c(Cl)s2)cc1. The van der Waals surface area contributed by atoms with Gasteiger partial charge in [-0.2, -0.15) is 0 Å². The van der Waals surface area contributed by atoms with Crippen molar-refractivity contribution < 1.29 is 13.2 Å². The number of halogens is 2. The van der Waals surface area contributed by atoms with Crippen molar-refractivity contribution in [1.82, 2.24) is 0 Å². The standard InChI is InChI=1S/C16H12BrClN2O3S3/c1-9(21)19-11-4-2-10(3-5-11)15-13(6-7-24-15)20-26(22,23)14-8-12(17)16(18)25-14/h2-8,20H,1H3,(H,19,21). The van der Waals surface area contributed by atoms with Gasteiger partial charge in [0.25, 0.3) is 10.0 Å². The zero-order valence-corrected chi connectivity index (χ0v) is 18.0. The molecule has 0 unspecified atom stereocenters. The predicted octanol–water partition coefficient (Wildman–Crippen LogP) is 5.65. The van der Waals surface area contributed by atoms with Crippen molar-refractivity contribution in [3.05, 3.63) is 50.6 Å². The highest BCUT2D eigenvalue weighted by atomic mass is 79.9. The highest BCUT2D eigenvalue weighted by Crippen LogP contribution is 2.38. The van der Waals surface area contributed by atoms with E-state index in [1.807, 2.05) is 17.5 Å². The van der Waals surface area contributed by atoms with E-state index >= 15 is 0 Å². The first-order valence-electron chi connectivity index (χ1n) is 7.19. The van der Waals surface area contributed by atoms with Gasteiger partial charge in [-0.3, -0.25) is 9.52 Å². The molecule has 0 fully saturated rings. The van der Waals surface area contributed by atoms with Crippen molar-refractivity contribution in [3.63, 3.8) is 0 Å². The highest BCUT2D eigenvalue weighted by molar-refractivity contribution is 9.10. The van der Waals surface area contributed by atoms with Crippen molar-refractivity contribution in [3.8, 4) is 10.4 Å². The molecule has 2 N–H and O–H groups in total. The second kappa shape index (κ2) is 7.69. The summed E-state index contributed by atoms with van der Waals surface area (Å²) in [6, 6.07) is 10.4. The fourth-order valence-corrected chi connectivity index (χ4v) is 6.47. The average molecular weight is 492 g/mol. The molecule has 0 aliphatic heterocycles. The Kier molecular flexibility index (Phi) is 5.73. The zero-order valence-electron chi connectivity index (χ0n) is 13.2. The molecule has 3 aromatic rings. The van der Waals surface area contributed by atoms with Crippen molar-refractivity contribution in [1.29, 1.82) is 0 Å². The van der Waals surface area contributed by atoms with Crippen LogP contribution in [0.5, 0.6) is 0 Å². The molecule has 10 heteroatoms. The minimum absolute atomic E-state index is 0.132. The molecule has 5 nitrogen and oxygen atoms in total. The zero-order chi connectivity index (χ0) is 18.9. The third kappa shape index (κ3) is 4.29. The van der Waals surface area contributed by atoms with Gasteiger partial charge in [0, 0.05) is 17.1 Å². The number of hydrogen-bond donors (Lipinski definition) is 2. The number of carbonyl (C=O) groups is 1. The number of rotatable bonds is 5. The summed E-state index contributed by atoms with van der Waals surface area (Å²) in [5, 5.41) is 4.51. The van der Waals surface area contributed by atoms with Gasteiger partial charge >= 0.3 is 0 Å². The van der Waals surface area contributed by atoms with E-state index in [-0.39, 0.29) is 10.1 Å². The predicted molar refractivity (Wildman–Crippen MR) is 112 cm³/mol. The van der Waals surface area contributed by atoms with Gasteiger partial charge in [-0.05, 0) is 51.1 Å². The lowest BCUT2D eigenvalue weighted by atomic mass is 10.1. The Morgan fingerprint density at radius 1 is 1.19 bits per heavy atom. The first-order chi connectivity index (χ1) is 12.3. The van der Waals surface area contributed by atoms with Crippen molar-refractivity contribution in [2.75, 3.05) is 10.0 Å². The van der Waals surface area contributed by atoms with Crippen molar-refractivity contribution in [2.45, 2.75) is 11.1 Å².